The maximum Gasteiger partial charge on any atom is 0.173 e. The monoisotopic (exact) mass is 348 g/mol. The van der Waals surface area contributed by atoms with Crippen LogP contribution in [-0.4, -0.2) is 11.0 Å². The second kappa shape index (κ2) is 6.18. The highest BCUT2D eigenvalue weighted by Crippen LogP contribution is 2.33. The van der Waals surface area contributed by atoms with Crippen molar-refractivity contribution < 1.29 is 9.94 Å². The first-order chi connectivity index (χ1) is 9.93. The van der Waals surface area contributed by atoms with E-state index in [-0.39, 0.29) is 5.84 Å². The van der Waals surface area contributed by atoms with E-state index in [0.717, 1.165) is 26.9 Å². The molecule has 0 bridgehead atoms. The van der Waals surface area contributed by atoms with Crippen LogP contribution in [0, 0.1) is 20.8 Å². The Bertz CT molecular complexity index is 712. The average molecular weight is 349 g/mol. The average Bonchev–Trinajstić information content (AvgIpc) is 2.47. The topological polar surface area (TPSA) is 67.8 Å². The number of hydrogen-bond donors (Lipinski definition) is 2. The van der Waals surface area contributed by atoms with Gasteiger partial charge in [-0.2, -0.15) is 0 Å². The van der Waals surface area contributed by atoms with Crippen LogP contribution in [0.5, 0.6) is 11.5 Å². The summed E-state index contributed by atoms with van der Waals surface area (Å²) in [6, 6.07) is 9.43. The minimum atomic E-state index is 0.0143. The zero-order chi connectivity index (χ0) is 15.6. The van der Waals surface area contributed by atoms with E-state index in [1.54, 1.807) is 12.1 Å². The Morgan fingerprint density at radius 1 is 1.14 bits per heavy atom. The maximum atomic E-state index is 8.90. The molecular weight excluding hydrogens is 332 g/mol. The highest BCUT2D eigenvalue weighted by Gasteiger charge is 2.13. The van der Waals surface area contributed by atoms with E-state index in [0.29, 0.717) is 11.3 Å². The van der Waals surface area contributed by atoms with Crippen molar-refractivity contribution in [2.75, 3.05) is 0 Å². The van der Waals surface area contributed by atoms with Crippen LogP contribution in [0.15, 0.2) is 40.0 Å². The fourth-order valence-electron chi connectivity index (χ4n) is 2.04. The summed E-state index contributed by atoms with van der Waals surface area (Å²) in [5.41, 5.74) is 9.50. The van der Waals surface area contributed by atoms with E-state index in [9.17, 15) is 0 Å². The number of hydrogen-bond acceptors (Lipinski definition) is 3. The van der Waals surface area contributed by atoms with Gasteiger partial charge in [0.1, 0.15) is 11.5 Å². The quantitative estimate of drug-likeness (QED) is 0.377. The van der Waals surface area contributed by atoms with Crippen LogP contribution >= 0.6 is 15.9 Å². The molecule has 3 N–H and O–H groups in total. The van der Waals surface area contributed by atoms with Gasteiger partial charge in [0.25, 0.3) is 0 Å². The number of nitrogens with zero attached hydrogens (tertiary/aromatic N) is 1. The molecule has 5 heteroatoms. The summed E-state index contributed by atoms with van der Waals surface area (Å²) in [6.45, 7) is 6.04. The molecule has 0 fully saturated rings. The first-order valence-corrected chi connectivity index (χ1v) is 7.25. The second-order valence-corrected chi connectivity index (χ2v) is 5.80. The highest BCUT2D eigenvalue weighted by atomic mass is 79.9. The van der Waals surface area contributed by atoms with Gasteiger partial charge in [0.05, 0.1) is 5.56 Å². The minimum Gasteiger partial charge on any atom is -0.456 e. The Hall–Kier alpha value is -2.01. The second-order valence-electron chi connectivity index (χ2n) is 4.88. The summed E-state index contributed by atoms with van der Waals surface area (Å²) in [5.74, 6) is 1.34. The van der Waals surface area contributed by atoms with Gasteiger partial charge in [-0.05, 0) is 55.7 Å². The number of amidine groups is 1. The lowest BCUT2D eigenvalue weighted by Crippen LogP contribution is -2.14. The van der Waals surface area contributed by atoms with Crippen LogP contribution in [0.4, 0.5) is 0 Å². The molecule has 0 aliphatic heterocycles. The van der Waals surface area contributed by atoms with Gasteiger partial charge in [0, 0.05) is 4.47 Å². The summed E-state index contributed by atoms with van der Waals surface area (Å²) in [6.07, 6.45) is 0. The summed E-state index contributed by atoms with van der Waals surface area (Å²) >= 11 is 3.41. The standard InChI is InChI=1S/C16H17BrN2O2/c1-9-4-5-10(2)15(11(9)3)21-14-8-12(17)6-7-13(14)16(18)19-20/h4-8,20H,1-3H3,(H2,18,19). The zero-order valence-corrected chi connectivity index (χ0v) is 13.7. The Kier molecular flexibility index (Phi) is 4.53. The lowest BCUT2D eigenvalue weighted by molar-refractivity contribution is 0.318. The molecule has 21 heavy (non-hydrogen) atoms. The Balaban J connectivity index is 2.54. The molecule has 0 saturated carbocycles. The van der Waals surface area contributed by atoms with Crippen molar-refractivity contribution in [3.05, 3.63) is 57.1 Å². The van der Waals surface area contributed by atoms with Crippen LogP contribution in [0.25, 0.3) is 0 Å². The highest BCUT2D eigenvalue weighted by molar-refractivity contribution is 9.10. The van der Waals surface area contributed by atoms with Crippen LogP contribution in [0.2, 0.25) is 0 Å². The van der Waals surface area contributed by atoms with Crippen LogP contribution in [0.3, 0.4) is 0 Å². The molecule has 0 radical (unpaired) electrons. The SMILES string of the molecule is Cc1ccc(C)c(Oc2cc(Br)ccc2/C(N)=N/O)c1C. The van der Waals surface area contributed by atoms with Gasteiger partial charge >= 0.3 is 0 Å². The Labute approximate surface area is 132 Å². The molecule has 2 aromatic rings. The number of rotatable bonds is 3. The fraction of sp³-hybridized carbons (Fsp3) is 0.188. The largest absolute Gasteiger partial charge is 0.456 e. The van der Waals surface area contributed by atoms with Crippen molar-refractivity contribution in [2.24, 2.45) is 10.9 Å². The van der Waals surface area contributed by atoms with Crippen LogP contribution in [-0.2, 0) is 0 Å². The molecule has 0 amide bonds. The smallest absolute Gasteiger partial charge is 0.173 e. The molecule has 0 unspecified atom stereocenters. The summed E-state index contributed by atoms with van der Waals surface area (Å²) in [5, 5.41) is 11.9. The zero-order valence-electron chi connectivity index (χ0n) is 12.1. The van der Waals surface area contributed by atoms with Crippen LogP contribution in [0.1, 0.15) is 22.3 Å². The van der Waals surface area contributed by atoms with Crippen molar-refractivity contribution in [3.63, 3.8) is 0 Å². The van der Waals surface area contributed by atoms with Gasteiger partial charge in [-0.1, -0.05) is 33.2 Å². The maximum absolute atomic E-state index is 8.90. The Morgan fingerprint density at radius 2 is 1.81 bits per heavy atom. The Morgan fingerprint density at radius 3 is 2.48 bits per heavy atom. The third kappa shape index (κ3) is 3.19. The van der Waals surface area contributed by atoms with Crippen molar-refractivity contribution >= 4 is 21.8 Å². The molecule has 0 heterocycles. The van der Waals surface area contributed by atoms with E-state index in [1.165, 1.54) is 0 Å². The van der Waals surface area contributed by atoms with Gasteiger partial charge in [0.15, 0.2) is 5.84 Å². The normalized spacial score (nSPS) is 11.5. The van der Waals surface area contributed by atoms with Crippen molar-refractivity contribution in [1.29, 1.82) is 0 Å². The van der Waals surface area contributed by atoms with E-state index >= 15 is 0 Å². The number of benzene rings is 2. The number of aryl methyl sites for hydroxylation is 2. The molecule has 2 aromatic carbocycles. The minimum absolute atomic E-state index is 0.0143. The molecule has 4 nitrogen and oxygen atoms in total. The van der Waals surface area contributed by atoms with E-state index in [1.807, 2.05) is 32.9 Å². The summed E-state index contributed by atoms with van der Waals surface area (Å²) < 4.78 is 6.91. The summed E-state index contributed by atoms with van der Waals surface area (Å²) in [7, 11) is 0. The van der Waals surface area contributed by atoms with Gasteiger partial charge in [-0.25, -0.2) is 0 Å². The first kappa shape index (κ1) is 15.4. The lowest BCUT2D eigenvalue weighted by atomic mass is 10.1. The van der Waals surface area contributed by atoms with Crippen LogP contribution < -0.4 is 10.5 Å². The van der Waals surface area contributed by atoms with E-state index in [4.69, 9.17) is 15.7 Å². The predicted octanol–water partition coefficient (Wildman–Crippen LogP) is 4.26. The molecule has 0 aliphatic rings. The molecule has 2 rings (SSSR count). The van der Waals surface area contributed by atoms with Crippen molar-refractivity contribution in [3.8, 4) is 11.5 Å². The molecule has 0 atom stereocenters. The number of halogens is 1. The molecule has 110 valence electrons. The predicted molar refractivity (Wildman–Crippen MR) is 87.4 cm³/mol. The number of nitrogens with two attached hydrogens (primary N) is 1. The van der Waals surface area contributed by atoms with E-state index < -0.39 is 0 Å². The summed E-state index contributed by atoms with van der Waals surface area (Å²) in [4.78, 5) is 0. The molecule has 0 aliphatic carbocycles. The van der Waals surface area contributed by atoms with Crippen molar-refractivity contribution in [2.45, 2.75) is 20.8 Å². The fourth-order valence-corrected chi connectivity index (χ4v) is 2.38. The van der Waals surface area contributed by atoms with Gasteiger partial charge in [-0.15, -0.1) is 0 Å². The molecule has 0 spiro atoms. The third-order valence-corrected chi connectivity index (χ3v) is 3.91. The number of ether oxygens (including phenoxy) is 1. The van der Waals surface area contributed by atoms with Gasteiger partial charge in [-0.3, -0.25) is 0 Å². The number of oxime groups is 1. The van der Waals surface area contributed by atoms with Gasteiger partial charge in [0.2, 0.25) is 0 Å². The molecular formula is C16H17BrN2O2. The van der Waals surface area contributed by atoms with Gasteiger partial charge < -0.3 is 15.7 Å². The lowest BCUT2D eigenvalue weighted by Gasteiger charge is -2.16. The first-order valence-electron chi connectivity index (χ1n) is 6.46. The third-order valence-electron chi connectivity index (χ3n) is 3.41. The molecule has 0 saturated heterocycles. The molecule has 0 aromatic heterocycles. The van der Waals surface area contributed by atoms with Crippen molar-refractivity contribution in [1.82, 2.24) is 0 Å². The van der Waals surface area contributed by atoms with E-state index in [2.05, 4.69) is 27.2 Å².